The number of halogens is 1. The van der Waals surface area contributed by atoms with E-state index in [1.807, 2.05) is 36.4 Å². The lowest BCUT2D eigenvalue weighted by Crippen LogP contribution is -2.14. The summed E-state index contributed by atoms with van der Waals surface area (Å²) in [5, 5.41) is 2.90. The number of hydrogen-bond acceptors (Lipinski definition) is 4. The highest BCUT2D eigenvalue weighted by molar-refractivity contribution is 9.10. The molecule has 128 valence electrons. The highest BCUT2D eigenvalue weighted by Gasteiger charge is 2.11. The van der Waals surface area contributed by atoms with Gasteiger partial charge in [-0.25, -0.2) is 4.98 Å². The number of nitrogens with zero attached hydrogens (tertiary/aromatic N) is 2. The van der Waals surface area contributed by atoms with Crippen LogP contribution in [0.3, 0.4) is 0 Å². The van der Waals surface area contributed by atoms with E-state index in [4.69, 9.17) is 4.42 Å². The molecule has 26 heavy (non-hydrogen) atoms. The zero-order valence-electron chi connectivity index (χ0n) is 13.6. The molecule has 0 fully saturated rings. The maximum Gasteiger partial charge on any atom is 0.228 e. The number of nitrogens with one attached hydrogen (secondary N) is 1. The molecule has 0 saturated carbocycles. The lowest BCUT2D eigenvalue weighted by atomic mass is 10.1. The minimum absolute atomic E-state index is 0.0736. The summed E-state index contributed by atoms with van der Waals surface area (Å²) in [7, 11) is 0. The van der Waals surface area contributed by atoms with Gasteiger partial charge in [0.15, 0.2) is 5.58 Å². The number of aromatic nitrogens is 2. The highest BCUT2D eigenvalue weighted by atomic mass is 79.9. The molecule has 1 amide bonds. The first-order valence-corrected chi connectivity index (χ1v) is 8.82. The van der Waals surface area contributed by atoms with Crippen LogP contribution in [0, 0.1) is 0 Å². The van der Waals surface area contributed by atoms with E-state index < -0.39 is 0 Å². The van der Waals surface area contributed by atoms with Gasteiger partial charge >= 0.3 is 0 Å². The maximum atomic E-state index is 12.2. The number of anilines is 1. The summed E-state index contributed by atoms with van der Waals surface area (Å²) in [5.41, 5.74) is 3.77. The van der Waals surface area contributed by atoms with E-state index in [9.17, 15) is 4.79 Å². The van der Waals surface area contributed by atoms with Gasteiger partial charge in [-0.1, -0.05) is 30.3 Å². The average molecular weight is 408 g/mol. The number of rotatable bonds is 4. The zero-order valence-corrected chi connectivity index (χ0v) is 15.2. The number of carbonyl (C=O) groups excluding carboxylic acids is 1. The molecule has 4 rings (SSSR count). The second kappa shape index (κ2) is 7.09. The van der Waals surface area contributed by atoms with Crippen LogP contribution in [-0.2, 0) is 11.2 Å². The minimum Gasteiger partial charge on any atom is -0.436 e. The van der Waals surface area contributed by atoms with Crippen molar-refractivity contribution in [3.63, 3.8) is 0 Å². The second-order valence-electron chi connectivity index (χ2n) is 5.80. The van der Waals surface area contributed by atoms with E-state index in [0.29, 0.717) is 29.1 Å². The molecule has 6 heteroatoms. The van der Waals surface area contributed by atoms with Crippen molar-refractivity contribution in [1.29, 1.82) is 0 Å². The molecular weight excluding hydrogens is 394 g/mol. The van der Waals surface area contributed by atoms with Crippen LogP contribution in [0.5, 0.6) is 0 Å². The van der Waals surface area contributed by atoms with Gasteiger partial charge in [0.2, 0.25) is 11.8 Å². The molecule has 0 bridgehead atoms. The van der Waals surface area contributed by atoms with E-state index in [1.165, 1.54) is 0 Å². The molecule has 2 aromatic heterocycles. The molecule has 0 unspecified atom stereocenters. The van der Waals surface area contributed by atoms with Crippen molar-refractivity contribution in [3.8, 4) is 11.5 Å². The quantitative estimate of drug-likeness (QED) is 0.525. The molecule has 1 N–H and O–H groups in total. The van der Waals surface area contributed by atoms with E-state index in [0.717, 1.165) is 15.6 Å². The van der Waals surface area contributed by atoms with Gasteiger partial charge < -0.3 is 9.73 Å². The lowest BCUT2D eigenvalue weighted by Gasteiger charge is -2.04. The van der Waals surface area contributed by atoms with Crippen LogP contribution in [0.2, 0.25) is 0 Å². The van der Waals surface area contributed by atoms with Crippen molar-refractivity contribution in [2.45, 2.75) is 6.42 Å². The van der Waals surface area contributed by atoms with E-state index >= 15 is 0 Å². The molecule has 0 aliphatic heterocycles. The number of carbonyl (C=O) groups is 1. The van der Waals surface area contributed by atoms with Crippen LogP contribution in [-0.4, -0.2) is 15.9 Å². The Morgan fingerprint density at radius 2 is 1.92 bits per heavy atom. The van der Waals surface area contributed by atoms with Crippen LogP contribution in [0.1, 0.15) is 5.56 Å². The number of benzene rings is 2. The predicted octanol–water partition coefficient (Wildman–Crippen LogP) is 4.83. The lowest BCUT2D eigenvalue weighted by molar-refractivity contribution is -0.115. The van der Waals surface area contributed by atoms with E-state index in [1.54, 1.807) is 30.6 Å². The van der Waals surface area contributed by atoms with Crippen molar-refractivity contribution in [3.05, 3.63) is 77.0 Å². The van der Waals surface area contributed by atoms with Gasteiger partial charge in [0.05, 0.1) is 12.0 Å². The van der Waals surface area contributed by atoms with Crippen LogP contribution in [0.25, 0.3) is 22.6 Å². The van der Waals surface area contributed by atoms with E-state index in [-0.39, 0.29) is 5.91 Å². The van der Waals surface area contributed by atoms with Crippen molar-refractivity contribution in [2.75, 3.05) is 5.32 Å². The third-order valence-electron chi connectivity index (χ3n) is 3.83. The van der Waals surface area contributed by atoms with Crippen LogP contribution in [0.15, 0.2) is 75.9 Å². The SMILES string of the molecule is O=C(Cc1ccccc1)Nc1ccc2oc(-c3cncc(Br)c3)nc2c1. The first kappa shape index (κ1) is 16.5. The monoisotopic (exact) mass is 407 g/mol. The first-order valence-electron chi connectivity index (χ1n) is 8.03. The molecule has 0 radical (unpaired) electrons. The molecule has 0 saturated heterocycles. The van der Waals surface area contributed by atoms with Gasteiger partial charge in [0.1, 0.15) is 5.52 Å². The smallest absolute Gasteiger partial charge is 0.228 e. The Morgan fingerprint density at radius 1 is 1.08 bits per heavy atom. The van der Waals surface area contributed by atoms with Crippen molar-refractivity contribution >= 4 is 38.6 Å². The standard InChI is InChI=1S/C20H14BrN3O2/c21-15-9-14(11-22-12-15)20-24-17-10-16(6-7-18(17)26-20)23-19(25)8-13-4-2-1-3-5-13/h1-7,9-12H,8H2,(H,23,25). The van der Waals surface area contributed by atoms with Gasteiger partial charge in [-0.05, 0) is 45.8 Å². The number of oxazole rings is 1. The predicted molar refractivity (Wildman–Crippen MR) is 104 cm³/mol. The van der Waals surface area contributed by atoms with Gasteiger partial charge in [-0.3, -0.25) is 9.78 Å². The summed E-state index contributed by atoms with van der Waals surface area (Å²) in [4.78, 5) is 20.8. The zero-order chi connectivity index (χ0) is 17.9. The molecule has 0 spiro atoms. The largest absolute Gasteiger partial charge is 0.436 e. The molecule has 0 aliphatic rings. The molecule has 0 aliphatic carbocycles. The number of hydrogen-bond donors (Lipinski definition) is 1. The summed E-state index contributed by atoms with van der Waals surface area (Å²) in [6.45, 7) is 0. The minimum atomic E-state index is -0.0736. The van der Waals surface area contributed by atoms with Crippen molar-refractivity contribution < 1.29 is 9.21 Å². The van der Waals surface area contributed by atoms with E-state index in [2.05, 4.69) is 31.2 Å². The topological polar surface area (TPSA) is 68.0 Å². The third-order valence-corrected chi connectivity index (χ3v) is 4.26. The van der Waals surface area contributed by atoms with Crippen LogP contribution in [0.4, 0.5) is 5.69 Å². The number of pyridine rings is 1. The van der Waals surface area contributed by atoms with Crippen LogP contribution >= 0.6 is 15.9 Å². The van der Waals surface area contributed by atoms with Gasteiger partial charge in [-0.2, -0.15) is 0 Å². The Hall–Kier alpha value is -2.99. The summed E-state index contributed by atoms with van der Waals surface area (Å²) in [5.74, 6) is 0.414. The van der Waals surface area contributed by atoms with Gasteiger partial charge in [-0.15, -0.1) is 0 Å². The number of fused-ring (bicyclic) bond motifs is 1. The first-order chi connectivity index (χ1) is 12.7. The van der Waals surface area contributed by atoms with Gasteiger partial charge in [0.25, 0.3) is 0 Å². The molecule has 4 aromatic rings. The van der Waals surface area contributed by atoms with Gasteiger partial charge in [0, 0.05) is 22.6 Å². The normalized spacial score (nSPS) is 10.8. The average Bonchev–Trinajstić information content (AvgIpc) is 3.06. The van der Waals surface area contributed by atoms with Crippen LogP contribution < -0.4 is 5.32 Å². The molecular formula is C20H14BrN3O2. The summed E-state index contributed by atoms with van der Waals surface area (Å²) < 4.78 is 6.63. The number of amides is 1. The summed E-state index contributed by atoms with van der Waals surface area (Å²) in [6, 6.07) is 16.9. The van der Waals surface area contributed by atoms with Crippen molar-refractivity contribution in [1.82, 2.24) is 9.97 Å². The summed E-state index contributed by atoms with van der Waals surface area (Å²) in [6.07, 6.45) is 3.72. The Balaban J connectivity index is 1.55. The second-order valence-corrected chi connectivity index (χ2v) is 6.72. The fraction of sp³-hybridized carbons (Fsp3) is 0.0500. The third kappa shape index (κ3) is 3.65. The Bertz CT molecular complexity index is 1080. The molecule has 0 atom stereocenters. The fourth-order valence-electron chi connectivity index (χ4n) is 2.64. The Labute approximate surface area is 158 Å². The summed E-state index contributed by atoms with van der Waals surface area (Å²) >= 11 is 3.39. The highest BCUT2D eigenvalue weighted by Crippen LogP contribution is 2.27. The molecule has 5 nitrogen and oxygen atoms in total. The molecule has 2 aromatic carbocycles. The Kier molecular flexibility index (Phi) is 4.50. The van der Waals surface area contributed by atoms with Crippen molar-refractivity contribution in [2.24, 2.45) is 0 Å². The Morgan fingerprint density at radius 3 is 2.73 bits per heavy atom. The maximum absolute atomic E-state index is 12.2. The fourth-order valence-corrected chi connectivity index (χ4v) is 3.01. The molecule has 2 heterocycles.